The number of piperidine rings is 1. The lowest BCUT2D eigenvalue weighted by Crippen LogP contribution is -2.53. The van der Waals surface area contributed by atoms with E-state index in [-0.39, 0.29) is 12.1 Å². The third-order valence-corrected chi connectivity index (χ3v) is 4.37. The van der Waals surface area contributed by atoms with Gasteiger partial charge in [0.1, 0.15) is 0 Å². The second-order valence-electron chi connectivity index (χ2n) is 5.37. The molecule has 0 aliphatic carbocycles. The summed E-state index contributed by atoms with van der Waals surface area (Å²) in [5, 5.41) is 9.09. The Balaban J connectivity index is 2.36. The Kier molecular flexibility index (Phi) is 3.71. The van der Waals surface area contributed by atoms with Crippen LogP contribution in [-0.2, 0) is 10.3 Å². The Morgan fingerprint density at radius 3 is 2.72 bits per heavy atom. The van der Waals surface area contributed by atoms with Gasteiger partial charge in [0.25, 0.3) is 0 Å². The molecule has 98 valence electrons. The van der Waals surface area contributed by atoms with Gasteiger partial charge in [-0.3, -0.25) is 9.69 Å². The van der Waals surface area contributed by atoms with Crippen LogP contribution < -0.4 is 0 Å². The lowest BCUT2D eigenvalue weighted by atomic mass is 9.74. The van der Waals surface area contributed by atoms with Crippen molar-refractivity contribution in [2.24, 2.45) is 5.92 Å². The highest BCUT2D eigenvalue weighted by molar-refractivity contribution is 5.69. The first-order valence-electron chi connectivity index (χ1n) is 6.57. The Hall–Kier alpha value is -1.35. The molecule has 3 heteroatoms. The predicted octanol–water partition coefficient (Wildman–Crippen LogP) is 2.72. The third-order valence-electron chi connectivity index (χ3n) is 4.37. The lowest BCUT2D eigenvalue weighted by Gasteiger charge is -2.49. The number of likely N-dealkylation sites (tertiary alicyclic amines) is 1. The van der Waals surface area contributed by atoms with Crippen LogP contribution in [0.2, 0.25) is 0 Å². The molecule has 2 atom stereocenters. The molecule has 2 rings (SSSR count). The molecule has 0 bridgehead atoms. The van der Waals surface area contributed by atoms with E-state index in [4.69, 9.17) is 5.11 Å². The maximum atomic E-state index is 11.1. The zero-order valence-electron chi connectivity index (χ0n) is 11.1. The summed E-state index contributed by atoms with van der Waals surface area (Å²) >= 11 is 0. The summed E-state index contributed by atoms with van der Waals surface area (Å²) in [6.45, 7) is 5.38. The third kappa shape index (κ3) is 2.27. The zero-order valence-corrected chi connectivity index (χ0v) is 11.1. The van der Waals surface area contributed by atoms with Crippen LogP contribution in [0.5, 0.6) is 0 Å². The average molecular weight is 247 g/mol. The summed E-state index contributed by atoms with van der Waals surface area (Å²) < 4.78 is 0. The highest BCUT2D eigenvalue weighted by atomic mass is 16.4. The van der Waals surface area contributed by atoms with Gasteiger partial charge in [-0.1, -0.05) is 37.3 Å². The molecule has 3 nitrogen and oxygen atoms in total. The number of hydrogen-bond acceptors (Lipinski definition) is 2. The minimum Gasteiger partial charge on any atom is -0.480 e. The second kappa shape index (κ2) is 5.11. The minimum atomic E-state index is -0.744. The first-order valence-corrected chi connectivity index (χ1v) is 6.57. The van der Waals surface area contributed by atoms with Crippen LogP contribution in [0.4, 0.5) is 0 Å². The van der Waals surface area contributed by atoms with E-state index in [9.17, 15) is 4.79 Å². The topological polar surface area (TPSA) is 40.5 Å². The number of rotatable bonds is 3. The van der Waals surface area contributed by atoms with E-state index in [1.807, 2.05) is 18.2 Å². The van der Waals surface area contributed by atoms with Crippen molar-refractivity contribution in [3.8, 4) is 0 Å². The van der Waals surface area contributed by atoms with Gasteiger partial charge in [-0.15, -0.1) is 0 Å². The maximum Gasteiger partial charge on any atom is 0.317 e. The molecule has 1 saturated heterocycles. The molecule has 2 unspecified atom stereocenters. The number of carbonyl (C=O) groups is 1. The molecule has 0 radical (unpaired) electrons. The van der Waals surface area contributed by atoms with Crippen LogP contribution in [0, 0.1) is 5.92 Å². The van der Waals surface area contributed by atoms with E-state index < -0.39 is 5.97 Å². The second-order valence-corrected chi connectivity index (χ2v) is 5.37. The van der Waals surface area contributed by atoms with Crippen molar-refractivity contribution >= 4 is 5.97 Å². The van der Waals surface area contributed by atoms with Crippen LogP contribution in [-0.4, -0.2) is 29.1 Å². The Morgan fingerprint density at radius 1 is 1.44 bits per heavy atom. The average Bonchev–Trinajstić information content (AvgIpc) is 2.35. The van der Waals surface area contributed by atoms with Gasteiger partial charge in [-0.05, 0) is 37.8 Å². The summed E-state index contributed by atoms with van der Waals surface area (Å²) in [4.78, 5) is 13.2. The molecule has 1 aromatic rings. The Labute approximate surface area is 108 Å². The largest absolute Gasteiger partial charge is 0.480 e. The van der Waals surface area contributed by atoms with Gasteiger partial charge in [-0.2, -0.15) is 0 Å². The zero-order chi connectivity index (χ0) is 13.2. The molecule has 1 fully saturated rings. The van der Waals surface area contributed by atoms with E-state index in [0.29, 0.717) is 5.92 Å². The molecule has 18 heavy (non-hydrogen) atoms. The fraction of sp³-hybridized carbons (Fsp3) is 0.533. The molecular weight excluding hydrogens is 226 g/mol. The molecule has 0 spiro atoms. The van der Waals surface area contributed by atoms with Crippen molar-refractivity contribution in [1.82, 2.24) is 4.90 Å². The standard InChI is InChI=1S/C15H21NO2/c1-12-7-6-10-16(11-14(17)18)15(12,2)13-8-4-3-5-9-13/h3-5,8-9,12H,6-7,10-11H2,1-2H3,(H,17,18). The normalized spacial score (nSPS) is 29.1. The van der Waals surface area contributed by atoms with Crippen molar-refractivity contribution in [3.63, 3.8) is 0 Å². The number of nitrogens with zero attached hydrogens (tertiary/aromatic N) is 1. The first kappa shape index (κ1) is 13.1. The number of aliphatic carboxylic acids is 1. The molecule has 0 aromatic heterocycles. The van der Waals surface area contributed by atoms with Gasteiger partial charge in [-0.25, -0.2) is 0 Å². The summed E-state index contributed by atoms with van der Waals surface area (Å²) in [7, 11) is 0. The molecule has 0 saturated carbocycles. The summed E-state index contributed by atoms with van der Waals surface area (Å²) in [6.07, 6.45) is 2.23. The van der Waals surface area contributed by atoms with Crippen molar-refractivity contribution in [2.45, 2.75) is 32.2 Å². The molecule has 0 amide bonds. The summed E-state index contributed by atoms with van der Waals surface area (Å²) in [5.74, 6) is -0.278. The smallest absolute Gasteiger partial charge is 0.317 e. The molecule has 1 N–H and O–H groups in total. The van der Waals surface area contributed by atoms with E-state index >= 15 is 0 Å². The number of carboxylic acid groups (broad SMARTS) is 1. The fourth-order valence-corrected chi connectivity index (χ4v) is 3.06. The molecule has 1 aliphatic heterocycles. The molecular formula is C15H21NO2. The van der Waals surface area contributed by atoms with Crippen molar-refractivity contribution < 1.29 is 9.90 Å². The van der Waals surface area contributed by atoms with Crippen LogP contribution >= 0.6 is 0 Å². The van der Waals surface area contributed by atoms with Gasteiger partial charge in [0.2, 0.25) is 0 Å². The quantitative estimate of drug-likeness (QED) is 0.892. The molecule has 1 aliphatic rings. The van der Waals surface area contributed by atoms with Gasteiger partial charge < -0.3 is 5.11 Å². The maximum absolute atomic E-state index is 11.1. The van der Waals surface area contributed by atoms with Crippen molar-refractivity contribution in [2.75, 3.05) is 13.1 Å². The van der Waals surface area contributed by atoms with Crippen molar-refractivity contribution in [1.29, 1.82) is 0 Å². The highest BCUT2D eigenvalue weighted by Gasteiger charge is 2.41. The van der Waals surface area contributed by atoms with E-state index in [2.05, 4.69) is 30.9 Å². The molecule has 1 heterocycles. The Bertz CT molecular complexity index is 418. The predicted molar refractivity (Wildman–Crippen MR) is 71.4 cm³/mol. The SMILES string of the molecule is CC1CCCN(CC(=O)O)C1(C)c1ccccc1. The monoisotopic (exact) mass is 247 g/mol. The summed E-state index contributed by atoms with van der Waals surface area (Å²) in [5.41, 5.74) is 1.05. The van der Waals surface area contributed by atoms with Gasteiger partial charge in [0.15, 0.2) is 0 Å². The molecule has 1 aromatic carbocycles. The lowest BCUT2D eigenvalue weighted by molar-refractivity contribution is -0.141. The van der Waals surface area contributed by atoms with Crippen molar-refractivity contribution in [3.05, 3.63) is 35.9 Å². The van der Waals surface area contributed by atoms with Crippen LogP contribution in [0.25, 0.3) is 0 Å². The van der Waals surface area contributed by atoms with Gasteiger partial charge in [0, 0.05) is 5.54 Å². The fourth-order valence-electron chi connectivity index (χ4n) is 3.06. The van der Waals surface area contributed by atoms with Crippen LogP contribution in [0.1, 0.15) is 32.3 Å². The van der Waals surface area contributed by atoms with Gasteiger partial charge >= 0.3 is 5.97 Å². The number of hydrogen-bond donors (Lipinski definition) is 1. The van der Waals surface area contributed by atoms with E-state index in [0.717, 1.165) is 19.4 Å². The van der Waals surface area contributed by atoms with Crippen LogP contribution in [0.3, 0.4) is 0 Å². The van der Waals surface area contributed by atoms with E-state index in [1.165, 1.54) is 5.56 Å². The Morgan fingerprint density at radius 2 is 2.11 bits per heavy atom. The number of carboxylic acids is 1. The van der Waals surface area contributed by atoms with E-state index in [1.54, 1.807) is 0 Å². The minimum absolute atomic E-state index is 0.121. The summed E-state index contributed by atoms with van der Waals surface area (Å²) in [6, 6.07) is 10.3. The first-order chi connectivity index (χ1) is 8.55. The van der Waals surface area contributed by atoms with Gasteiger partial charge in [0.05, 0.1) is 6.54 Å². The van der Waals surface area contributed by atoms with Crippen LogP contribution in [0.15, 0.2) is 30.3 Å². The highest BCUT2D eigenvalue weighted by Crippen LogP contribution is 2.41. The number of benzene rings is 1.